The first-order valence-corrected chi connectivity index (χ1v) is 9.19. The third-order valence-electron chi connectivity index (χ3n) is 6.89. The number of carbonyl (C=O) groups excluding carboxylic acids is 1. The summed E-state index contributed by atoms with van der Waals surface area (Å²) >= 11 is 0. The zero-order valence-electron chi connectivity index (χ0n) is 13.4. The maximum absolute atomic E-state index is 12.6. The highest BCUT2D eigenvalue weighted by Gasteiger charge is 2.50. The maximum atomic E-state index is 12.6. The van der Waals surface area contributed by atoms with Gasteiger partial charge in [0.25, 0.3) is 0 Å². The zero-order valence-corrected chi connectivity index (χ0v) is 13.4. The van der Waals surface area contributed by atoms with Crippen molar-refractivity contribution in [2.45, 2.75) is 69.9 Å². The smallest absolute Gasteiger partial charge is 0.222 e. The van der Waals surface area contributed by atoms with E-state index >= 15 is 0 Å². The first kappa shape index (κ1) is 14.0. The van der Waals surface area contributed by atoms with Crippen molar-refractivity contribution in [2.24, 2.45) is 23.7 Å². The van der Waals surface area contributed by atoms with Crippen LogP contribution < -0.4 is 5.32 Å². The molecule has 5 rings (SSSR count). The van der Waals surface area contributed by atoms with Crippen LogP contribution in [0.4, 0.5) is 0 Å². The minimum absolute atomic E-state index is 0.404. The summed E-state index contributed by atoms with van der Waals surface area (Å²) in [6.07, 6.45) is 11.4. The van der Waals surface area contributed by atoms with E-state index in [1.54, 1.807) is 0 Å². The summed E-state index contributed by atoms with van der Waals surface area (Å²) in [7, 11) is 2.09. The van der Waals surface area contributed by atoms with Crippen molar-refractivity contribution in [2.75, 3.05) is 13.6 Å². The lowest BCUT2D eigenvalue weighted by Gasteiger charge is -2.56. The van der Waals surface area contributed by atoms with Crippen LogP contribution in [0.2, 0.25) is 0 Å². The van der Waals surface area contributed by atoms with E-state index in [-0.39, 0.29) is 0 Å². The van der Waals surface area contributed by atoms with Crippen LogP contribution >= 0.6 is 0 Å². The van der Waals surface area contributed by atoms with Crippen molar-refractivity contribution < 1.29 is 4.79 Å². The van der Waals surface area contributed by atoms with Gasteiger partial charge in [-0.05, 0) is 81.6 Å². The Morgan fingerprint density at radius 2 is 1.76 bits per heavy atom. The number of hydrogen-bond donors (Lipinski definition) is 1. The fraction of sp³-hybridized carbons (Fsp3) is 0.944. The average molecular weight is 290 g/mol. The van der Waals surface area contributed by atoms with Gasteiger partial charge in [0, 0.05) is 25.6 Å². The summed E-state index contributed by atoms with van der Waals surface area (Å²) in [5, 5.41) is 3.51. The van der Waals surface area contributed by atoms with Crippen molar-refractivity contribution in [3.8, 4) is 0 Å². The summed E-state index contributed by atoms with van der Waals surface area (Å²) in [4.78, 5) is 14.8. The second-order valence-corrected chi connectivity index (χ2v) is 8.26. The lowest BCUT2D eigenvalue weighted by molar-refractivity contribution is -0.141. The van der Waals surface area contributed by atoms with E-state index in [4.69, 9.17) is 0 Å². The molecule has 1 N–H and O–H groups in total. The molecule has 1 unspecified atom stereocenters. The summed E-state index contributed by atoms with van der Waals surface area (Å²) in [6, 6.07) is 1.17. The molecule has 0 aromatic rings. The van der Waals surface area contributed by atoms with Gasteiger partial charge in [-0.3, -0.25) is 4.79 Å². The van der Waals surface area contributed by atoms with Gasteiger partial charge in [-0.1, -0.05) is 0 Å². The van der Waals surface area contributed by atoms with Gasteiger partial charge in [0.15, 0.2) is 0 Å². The molecule has 4 bridgehead atoms. The predicted molar refractivity (Wildman–Crippen MR) is 83.9 cm³/mol. The molecule has 0 aromatic heterocycles. The van der Waals surface area contributed by atoms with Crippen LogP contribution in [0.15, 0.2) is 0 Å². The third-order valence-corrected chi connectivity index (χ3v) is 6.89. The Morgan fingerprint density at radius 3 is 2.33 bits per heavy atom. The molecular weight excluding hydrogens is 260 g/mol. The molecule has 5 aliphatic rings. The van der Waals surface area contributed by atoms with E-state index < -0.39 is 0 Å². The van der Waals surface area contributed by atoms with E-state index in [9.17, 15) is 4.79 Å². The highest BCUT2D eigenvalue weighted by molar-refractivity contribution is 5.76. The lowest BCUT2D eigenvalue weighted by Crippen LogP contribution is -2.56. The molecule has 0 aromatic carbocycles. The van der Waals surface area contributed by atoms with Gasteiger partial charge in [0.05, 0.1) is 0 Å². The van der Waals surface area contributed by atoms with Crippen LogP contribution in [-0.4, -0.2) is 36.5 Å². The first-order chi connectivity index (χ1) is 10.2. The molecule has 1 heterocycles. The second-order valence-electron chi connectivity index (χ2n) is 8.26. The highest BCUT2D eigenvalue weighted by Crippen LogP contribution is 2.55. The Bertz CT molecular complexity index is 374. The van der Waals surface area contributed by atoms with Crippen LogP contribution in [0.1, 0.15) is 57.8 Å². The van der Waals surface area contributed by atoms with Crippen LogP contribution in [-0.2, 0) is 4.79 Å². The molecule has 0 radical (unpaired) electrons. The zero-order chi connectivity index (χ0) is 14.4. The molecule has 4 saturated carbocycles. The lowest BCUT2D eigenvalue weighted by atomic mass is 9.54. The summed E-state index contributed by atoms with van der Waals surface area (Å²) < 4.78 is 0. The van der Waals surface area contributed by atoms with Gasteiger partial charge in [0.2, 0.25) is 5.91 Å². The fourth-order valence-corrected chi connectivity index (χ4v) is 6.17. The fourth-order valence-electron chi connectivity index (χ4n) is 6.17. The highest BCUT2D eigenvalue weighted by atomic mass is 16.2. The van der Waals surface area contributed by atoms with Gasteiger partial charge in [-0.2, -0.15) is 0 Å². The number of rotatable bonds is 4. The van der Waals surface area contributed by atoms with E-state index in [1.165, 1.54) is 44.9 Å². The summed E-state index contributed by atoms with van der Waals surface area (Å²) in [5.74, 6) is 4.03. The monoisotopic (exact) mass is 290 g/mol. The largest absolute Gasteiger partial charge is 0.342 e. The maximum Gasteiger partial charge on any atom is 0.222 e. The second kappa shape index (κ2) is 5.57. The van der Waals surface area contributed by atoms with Gasteiger partial charge in [-0.15, -0.1) is 0 Å². The SMILES string of the molecule is CN(C(=O)CCC1CCCN1)C1C2CC3CC(C2)CC1C3. The van der Waals surface area contributed by atoms with Crippen molar-refractivity contribution in [1.29, 1.82) is 0 Å². The molecule has 1 saturated heterocycles. The molecular formula is C18H30N2O. The Labute approximate surface area is 128 Å². The number of nitrogens with zero attached hydrogens (tertiary/aromatic N) is 1. The van der Waals surface area contributed by atoms with E-state index in [0.717, 1.165) is 43.1 Å². The average Bonchev–Trinajstić information content (AvgIpc) is 2.96. The number of amides is 1. The molecule has 3 heteroatoms. The standard InChI is InChI=1S/C18H30N2O/c1-20(17(21)5-4-16-3-2-6-19-16)18-14-8-12-7-13(10-14)11-15(18)9-12/h12-16,18-19H,2-11H2,1H3. The van der Waals surface area contributed by atoms with Crippen molar-refractivity contribution in [3.05, 3.63) is 0 Å². The Morgan fingerprint density at radius 1 is 1.10 bits per heavy atom. The molecule has 0 spiro atoms. The summed E-state index contributed by atoms with van der Waals surface area (Å²) in [5.41, 5.74) is 0. The number of hydrogen-bond acceptors (Lipinski definition) is 2. The Kier molecular flexibility index (Phi) is 3.72. The molecule has 1 atom stereocenters. The van der Waals surface area contributed by atoms with Crippen molar-refractivity contribution in [1.82, 2.24) is 10.2 Å². The molecule has 1 aliphatic heterocycles. The molecule has 1 amide bonds. The van der Waals surface area contributed by atoms with Crippen LogP contribution in [0.3, 0.4) is 0 Å². The number of nitrogens with one attached hydrogen (secondary N) is 1. The van der Waals surface area contributed by atoms with Crippen molar-refractivity contribution in [3.63, 3.8) is 0 Å². The molecule has 5 fully saturated rings. The predicted octanol–water partition coefficient (Wildman–Crippen LogP) is 2.80. The number of carbonyl (C=O) groups is 1. The quantitative estimate of drug-likeness (QED) is 0.863. The van der Waals surface area contributed by atoms with Crippen molar-refractivity contribution >= 4 is 5.91 Å². The Balaban J connectivity index is 1.35. The van der Waals surface area contributed by atoms with Gasteiger partial charge in [-0.25, -0.2) is 0 Å². The van der Waals surface area contributed by atoms with Crippen LogP contribution in [0, 0.1) is 23.7 Å². The van der Waals surface area contributed by atoms with E-state index in [0.29, 0.717) is 18.0 Å². The minimum atomic E-state index is 0.404. The topological polar surface area (TPSA) is 32.3 Å². The van der Waals surface area contributed by atoms with E-state index in [2.05, 4.69) is 17.3 Å². The van der Waals surface area contributed by atoms with Gasteiger partial charge >= 0.3 is 0 Å². The van der Waals surface area contributed by atoms with E-state index in [1.807, 2.05) is 0 Å². The molecule has 21 heavy (non-hydrogen) atoms. The molecule has 4 aliphatic carbocycles. The van der Waals surface area contributed by atoms with Crippen LogP contribution in [0.25, 0.3) is 0 Å². The normalized spacial score (nSPS) is 44.2. The van der Waals surface area contributed by atoms with Crippen LogP contribution in [0.5, 0.6) is 0 Å². The molecule has 3 nitrogen and oxygen atoms in total. The third kappa shape index (κ3) is 2.62. The van der Waals surface area contributed by atoms with Gasteiger partial charge in [0.1, 0.15) is 0 Å². The molecule has 118 valence electrons. The minimum Gasteiger partial charge on any atom is -0.342 e. The van der Waals surface area contributed by atoms with Gasteiger partial charge < -0.3 is 10.2 Å². The summed E-state index contributed by atoms with van der Waals surface area (Å²) in [6.45, 7) is 1.14. The Hall–Kier alpha value is -0.570. The first-order valence-electron chi connectivity index (χ1n) is 9.19.